The molecular formula is C16H15N9O. The Bertz CT molecular complexity index is 1120. The number of para-hydroxylation sites is 1. The predicted octanol–water partition coefficient (Wildman–Crippen LogP) is 1.62. The van der Waals surface area contributed by atoms with Gasteiger partial charge in [0.05, 0.1) is 17.6 Å². The zero-order chi connectivity index (χ0) is 18.1. The van der Waals surface area contributed by atoms with Crippen LogP contribution in [0.1, 0.15) is 17.0 Å². The molecule has 10 nitrogen and oxygen atoms in total. The number of nitrogens with zero attached hydrogens (tertiary/aromatic N) is 6. The highest BCUT2D eigenvalue weighted by molar-refractivity contribution is 5.98. The lowest BCUT2D eigenvalue weighted by atomic mass is 10.2. The molecule has 0 bridgehead atoms. The van der Waals surface area contributed by atoms with Crippen LogP contribution in [0.2, 0.25) is 0 Å². The largest absolute Gasteiger partial charge is 0.378 e. The molecule has 10 heteroatoms. The van der Waals surface area contributed by atoms with Crippen LogP contribution in [0.15, 0.2) is 46.8 Å². The van der Waals surface area contributed by atoms with Gasteiger partial charge in [0.25, 0.3) is 0 Å². The molecule has 0 spiro atoms. The first-order valence-corrected chi connectivity index (χ1v) is 7.70. The second-order valence-electron chi connectivity index (χ2n) is 5.55. The van der Waals surface area contributed by atoms with E-state index in [-0.39, 0.29) is 11.6 Å². The van der Waals surface area contributed by atoms with Crippen molar-refractivity contribution in [3.05, 3.63) is 54.0 Å². The third-order valence-corrected chi connectivity index (χ3v) is 3.90. The maximum atomic E-state index is 5.69. The summed E-state index contributed by atoms with van der Waals surface area (Å²) in [6.45, 7) is 5.75. The summed E-state index contributed by atoms with van der Waals surface area (Å²) in [5.41, 5.74) is 12.3. The van der Waals surface area contributed by atoms with Crippen LogP contribution in [-0.4, -0.2) is 36.5 Å². The Balaban J connectivity index is 1.52. The highest BCUT2D eigenvalue weighted by atomic mass is 16.6. The normalized spacial score (nSPS) is 11.4. The molecule has 0 aliphatic carbocycles. The predicted molar refractivity (Wildman–Crippen MR) is 96.4 cm³/mol. The number of hydrazone groups is 1. The number of H-pyrrole nitrogens is 1. The molecule has 0 fully saturated rings. The Morgan fingerprint density at radius 2 is 2.23 bits per heavy atom. The molecule has 0 aliphatic rings. The summed E-state index contributed by atoms with van der Waals surface area (Å²) in [6.07, 6.45) is 3.60. The third-order valence-electron chi connectivity index (χ3n) is 3.90. The summed E-state index contributed by atoms with van der Waals surface area (Å²) in [5, 5.41) is 20.6. The van der Waals surface area contributed by atoms with E-state index in [0.29, 0.717) is 17.1 Å². The van der Waals surface area contributed by atoms with Gasteiger partial charge in [-0.2, -0.15) is 9.78 Å². The molecule has 26 heavy (non-hydrogen) atoms. The first-order chi connectivity index (χ1) is 12.6. The number of nitrogens with two attached hydrogens (primary N) is 1. The SMILES string of the molecule is C=C(N/N=C/c1c[nH]c2ccccc12)c1nnn(-c2nonc2N)c1C. The fourth-order valence-electron chi connectivity index (χ4n) is 2.58. The first kappa shape index (κ1) is 15.6. The molecule has 130 valence electrons. The van der Waals surface area contributed by atoms with E-state index in [1.54, 1.807) is 13.1 Å². The third kappa shape index (κ3) is 2.59. The number of nitrogens with one attached hydrogen (secondary N) is 2. The van der Waals surface area contributed by atoms with Crippen LogP contribution >= 0.6 is 0 Å². The van der Waals surface area contributed by atoms with Gasteiger partial charge in [0.15, 0.2) is 0 Å². The number of aromatic nitrogens is 6. The quantitative estimate of drug-likeness (QED) is 0.368. The van der Waals surface area contributed by atoms with E-state index in [9.17, 15) is 0 Å². The molecule has 0 atom stereocenters. The van der Waals surface area contributed by atoms with Crippen LogP contribution in [0, 0.1) is 6.92 Å². The van der Waals surface area contributed by atoms with Gasteiger partial charge in [-0.05, 0) is 23.3 Å². The van der Waals surface area contributed by atoms with Gasteiger partial charge in [-0.3, -0.25) is 5.43 Å². The average molecular weight is 349 g/mol. The van der Waals surface area contributed by atoms with Crippen molar-refractivity contribution < 1.29 is 4.63 Å². The zero-order valence-corrected chi connectivity index (χ0v) is 13.8. The fourth-order valence-corrected chi connectivity index (χ4v) is 2.58. The van der Waals surface area contributed by atoms with Crippen LogP contribution in [0.25, 0.3) is 22.4 Å². The van der Waals surface area contributed by atoms with Crippen molar-refractivity contribution in [2.45, 2.75) is 6.92 Å². The van der Waals surface area contributed by atoms with Crippen molar-refractivity contribution in [2.24, 2.45) is 5.10 Å². The van der Waals surface area contributed by atoms with Gasteiger partial charge in [0.2, 0.25) is 11.6 Å². The number of fused-ring (bicyclic) bond motifs is 1. The molecule has 4 N–H and O–H groups in total. The second kappa shape index (κ2) is 6.16. The van der Waals surface area contributed by atoms with E-state index >= 15 is 0 Å². The summed E-state index contributed by atoms with van der Waals surface area (Å²) in [7, 11) is 0. The molecule has 0 unspecified atom stereocenters. The molecule has 0 aliphatic heterocycles. The number of anilines is 1. The van der Waals surface area contributed by atoms with E-state index < -0.39 is 0 Å². The van der Waals surface area contributed by atoms with Crippen LogP contribution in [0.5, 0.6) is 0 Å². The molecule has 3 aromatic heterocycles. The smallest absolute Gasteiger partial charge is 0.243 e. The van der Waals surface area contributed by atoms with Crippen molar-refractivity contribution in [3.8, 4) is 5.82 Å². The van der Waals surface area contributed by atoms with Gasteiger partial charge < -0.3 is 10.7 Å². The molecule has 3 heterocycles. The minimum absolute atomic E-state index is 0.125. The number of hydrogen-bond acceptors (Lipinski definition) is 8. The summed E-state index contributed by atoms with van der Waals surface area (Å²) in [4.78, 5) is 3.19. The minimum Gasteiger partial charge on any atom is -0.378 e. The Labute approximate surface area is 147 Å². The second-order valence-corrected chi connectivity index (χ2v) is 5.55. The van der Waals surface area contributed by atoms with Crippen molar-refractivity contribution in [2.75, 3.05) is 5.73 Å². The monoisotopic (exact) mass is 349 g/mol. The van der Waals surface area contributed by atoms with Crippen LogP contribution in [0.3, 0.4) is 0 Å². The van der Waals surface area contributed by atoms with E-state index in [4.69, 9.17) is 5.73 Å². The Morgan fingerprint density at radius 1 is 1.38 bits per heavy atom. The standard InChI is InChI=1S/C16H15N9O/c1-9(14-10(2)25(24-21-14)16-15(17)22-26-23-16)20-19-8-11-7-18-13-6-4-3-5-12(11)13/h3-8,18,20H,1H2,2H3,(H2,17,22)/b19-8+. The molecule has 0 saturated carbocycles. The minimum atomic E-state index is 0.125. The molecule has 0 amide bonds. The summed E-state index contributed by atoms with van der Waals surface area (Å²) >= 11 is 0. The van der Waals surface area contributed by atoms with Gasteiger partial charge in [0.1, 0.15) is 5.69 Å². The Kier molecular flexibility index (Phi) is 3.69. The van der Waals surface area contributed by atoms with E-state index in [1.807, 2.05) is 30.5 Å². The highest BCUT2D eigenvalue weighted by Gasteiger charge is 2.17. The molecular weight excluding hydrogens is 334 g/mol. The highest BCUT2D eigenvalue weighted by Crippen LogP contribution is 2.18. The number of aromatic amines is 1. The Hall–Kier alpha value is -3.95. The van der Waals surface area contributed by atoms with Gasteiger partial charge in [-0.15, -0.1) is 5.10 Å². The van der Waals surface area contributed by atoms with E-state index in [2.05, 4.69) is 47.3 Å². The van der Waals surface area contributed by atoms with E-state index in [0.717, 1.165) is 16.5 Å². The van der Waals surface area contributed by atoms with Gasteiger partial charge in [-0.1, -0.05) is 30.0 Å². The van der Waals surface area contributed by atoms with Crippen molar-refractivity contribution in [1.82, 2.24) is 35.7 Å². The van der Waals surface area contributed by atoms with Crippen molar-refractivity contribution >= 4 is 28.6 Å². The summed E-state index contributed by atoms with van der Waals surface area (Å²) in [6, 6.07) is 7.98. The lowest BCUT2D eigenvalue weighted by molar-refractivity contribution is 0.306. The zero-order valence-electron chi connectivity index (χ0n) is 13.8. The lowest BCUT2D eigenvalue weighted by Crippen LogP contribution is -2.07. The number of rotatable bonds is 5. The molecule has 0 saturated heterocycles. The van der Waals surface area contributed by atoms with Gasteiger partial charge in [0, 0.05) is 22.7 Å². The first-order valence-electron chi connectivity index (χ1n) is 7.70. The Morgan fingerprint density at radius 3 is 3.04 bits per heavy atom. The van der Waals surface area contributed by atoms with Gasteiger partial charge in [-0.25, -0.2) is 4.63 Å². The fraction of sp³-hybridized carbons (Fsp3) is 0.0625. The lowest BCUT2D eigenvalue weighted by Gasteiger charge is -2.02. The number of nitrogen functional groups attached to an aromatic ring is 1. The summed E-state index contributed by atoms with van der Waals surface area (Å²) < 4.78 is 6.02. The molecule has 0 radical (unpaired) electrons. The average Bonchev–Trinajstić information content (AvgIpc) is 3.34. The van der Waals surface area contributed by atoms with Crippen LogP contribution in [0.4, 0.5) is 5.82 Å². The van der Waals surface area contributed by atoms with Crippen molar-refractivity contribution in [1.29, 1.82) is 0 Å². The topological polar surface area (TPSA) is 136 Å². The number of hydrogen-bond donors (Lipinski definition) is 3. The maximum absolute atomic E-state index is 5.69. The maximum Gasteiger partial charge on any atom is 0.243 e. The van der Waals surface area contributed by atoms with Gasteiger partial charge >= 0.3 is 0 Å². The van der Waals surface area contributed by atoms with E-state index in [1.165, 1.54) is 4.68 Å². The molecule has 1 aromatic carbocycles. The molecule has 4 aromatic rings. The van der Waals surface area contributed by atoms with Crippen LogP contribution < -0.4 is 11.2 Å². The van der Waals surface area contributed by atoms with Crippen LogP contribution in [-0.2, 0) is 0 Å². The number of benzene rings is 1. The van der Waals surface area contributed by atoms with Crippen molar-refractivity contribution in [3.63, 3.8) is 0 Å². The molecule has 4 rings (SSSR count). The summed E-state index contributed by atoms with van der Waals surface area (Å²) in [5.74, 6) is 0.400.